The number of halogens is 1. The van der Waals surface area contributed by atoms with Gasteiger partial charge in [0.25, 0.3) is 0 Å². The maximum Gasteiger partial charge on any atom is 0.236 e. The summed E-state index contributed by atoms with van der Waals surface area (Å²) >= 11 is 3.42. The van der Waals surface area contributed by atoms with Gasteiger partial charge < -0.3 is 15.7 Å². The summed E-state index contributed by atoms with van der Waals surface area (Å²) in [6.45, 7) is 6.72. The minimum Gasteiger partial charge on any atom is -0.389 e. The summed E-state index contributed by atoms with van der Waals surface area (Å²) in [4.78, 5) is 13.2. The van der Waals surface area contributed by atoms with E-state index >= 15 is 0 Å². The smallest absolute Gasteiger partial charge is 0.236 e. The lowest BCUT2D eigenvalue weighted by atomic mass is 10.1. The Morgan fingerprint density at radius 1 is 1.42 bits per heavy atom. The topological polar surface area (TPSA) is 66.6 Å². The molecule has 0 fully saturated rings. The van der Waals surface area contributed by atoms with Crippen LogP contribution in [0.1, 0.15) is 32.4 Å². The van der Waals surface area contributed by atoms with Crippen molar-refractivity contribution in [3.63, 3.8) is 0 Å². The number of rotatable bonds is 6. The van der Waals surface area contributed by atoms with Crippen LogP contribution in [0.25, 0.3) is 0 Å². The largest absolute Gasteiger partial charge is 0.389 e. The van der Waals surface area contributed by atoms with E-state index in [0.717, 1.165) is 15.7 Å². The number of benzene rings is 1. The predicted octanol–water partition coefficient (Wildman–Crippen LogP) is 2.45. The van der Waals surface area contributed by atoms with Crippen molar-refractivity contribution in [3.8, 4) is 0 Å². The van der Waals surface area contributed by atoms with Crippen molar-refractivity contribution in [1.29, 1.82) is 0 Å². The summed E-state index contributed by atoms with van der Waals surface area (Å²) in [7, 11) is 0. The van der Waals surface area contributed by atoms with E-state index in [1.54, 1.807) is 6.92 Å². The van der Waals surface area contributed by atoms with E-state index in [2.05, 4.69) is 29.8 Å². The standard InChI is InChI=1S/C14H21BrN2O2/c1-9(2)7-17(8-14(16)19)13-6-11(15)4-5-12(13)10(3)18/h4-6,9-10,18H,7-8H2,1-3H3,(H2,16,19). The first-order valence-electron chi connectivity index (χ1n) is 6.32. The Kier molecular flexibility index (Phi) is 5.82. The number of hydrogen-bond donors (Lipinski definition) is 2. The Balaban J connectivity index is 3.18. The molecular formula is C14H21BrN2O2. The Labute approximate surface area is 122 Å². The second-order valence-corrected chi connectivity index (χ2v) is 6.04. The highest BCUT2D eigenvalue weighted by Gasteiger charge is 2.17. The number of nitrogens with zero attached hydrogens (tertiary/aromatic N) is 1. The Hall–Kier alpha value is -1.07. The molecule has 0 aliphatic rings. The summed E-state index contributed by atoms with van der Waals surface area (Å²) in [5.74, 6) is 0.0114. The molecule has 0 radical (unpaired) electrons. The number of carbonyl (C=O) groups excluding carboxylic acids is 1. The molecule has 1 aromatic rings. The number of anilines is 1. The number of aliphatic hydroxyl groups excluding tert-OH is 1. The van der Waals surface area contributed by atoms with Gasteiger partial charge in [0.05, 0.1) is 12.6 Å². The molecule has 0 heterocycles. The molecule has 19 heavy (non-hydrogen) atoms. The van der Waals surface area contributed by atoms with Crippen LogP contribution in [0.15, 0.2) is 22.7 Å². The molecule has 1 unspecified atom stereocenters. The molecule has 0 saturated heterocycles. The van der Waals surface area contributed by atoms with Crippen LogP contribution in [0.5, 0.6) is 0 Å². The van der Waals surface area contributed by atoms with Crippen molar-refractivity contribution in [3.05, 3.63) is 28.2 Å². The van der Waals surface area contributed by atoms with Gasteiger partial charge in [0.1, 0.15) is 0 Å². The second-order valence-electron chi connectivity index (χ2n) is 5.12. The van der Waals surface area contributed by atoms with Crippen molar-refractivity contribution in [2.24, 2.45) is 11.7 Å². The third kappa shape index (κ3) is 4.84. The first-order chi connectivity index (χ1) is 8.81. The van der Waals surface area contributed by atoms with Gasteiger partial charge in [-0.2, -0.15) is 0 Å². The number of hydrogen-bond acceptors (Lipinski definition) is 3. The molecule has 106 valence electrons. The minimum absolute atomic E-state index is 0.147. The quantitative estimate of drug-likeness (QED) is 0.842. The molecule has 1 amide bonds. The third-order valence-electron chi connectivity index (χ3n) is 2.72. The summed E-state index contributed by atoms with van der Waals surface area (Å²) < 4.78 is 0.908. The maximum absolute atomic E-state index is 11.2. The second kappa shape index (κ2) is 6.91. The molecule has 0 spiro atoms. The molecule has 3 N–H and O–H groups in total. The summed E-state index contributed by atoms with van der Waals surface area (Å²) in [6, 6.07) is 5.65. The molecule has 0 aliphatic heterocycles. The van der Waals surface area contributed by atoms with Crippen LogP contribution in [-0.2, 0) is 4.79 Å². The fraction of sp³-hybridized carbons (Fsp3) is 0.500. The molecule has 0 saturated carbocycles. The van der Waals surface area contributed by atoms with Gasteiger partial charge in [0.15, 0.2) is 0 Å². The Morgan fingerprint density at radius 3 is 2.53 bits per heavy atom. The molecule has 0 bridgehead atoms. The molecule has 1 rings (SSSR count). The number of amides is 1. The normalized spacial score (nSPS) is 12.5. The molecule has 1 atom stereocenters. The van der Waals surface area contributed by atoms with Gasteiger partial charge in [-0.1, -0.05) is 35.8 Å². The fourth-order valence-corrected chi connectivity index (χ4v) is 2.37. The van der Waals surface area contributed by atoms with E-state index in [-0.39, 0.29) is 12.5 Å². The molecule has 0 aromatic heterocycles. The lowest BCUT2D eigenvalue weighted by Gasteiger charge is -2.28. The van der Waals surface area contributed by atoms with Crippen LogP contribution in [0.4, 0.5) is 5.69 Å². The average Bonchev–Trinajstić information content (AvgIpc) is 2.26. The first kappa shape index (κ1) is 16.0. The minimum atomic E-state index is -0.592. The van der Waals surface area contributed by atoms with Crippen molar-refractivity contribution in [1.82, 2.24) is 0 Å². The number of nitrogens with two attached hydrogens (primary N) is 1. The Morgan fingerprint density at radius 2 is 2.05 bits per heavy atom. The number of primary amides is 1. The maximum atomic E-state index is 11.2. The van der Waals surface area contributed by atoms with Crippen LogP contribution in [0.2, 0.25) is 0 Å². The van der Waals surface area contributed by atoms with E-state index < -0.39 is 6.10 Å². The van der Waals surface area contributed by atoms with Crippen molar-refractivity contribution in [2.45, 2.75) is 26.9 Å². The van der Waals surface area contributed by atoms with Gasteiger partial charge in [-0.05, 0) is 25.0 Å². The summed E-state index contributed by atoms with van der Waals surface area (Å²) in [6.07, 6.45) is -0.592. The Bertz CT molecular complexity index is 447. The van der Waals surface area contributed by atoms with E-state index in [4.69, 9.17) is 5.73 Å². The van der Waals surface area contributed by atoms with Crippen LogP contribution < -0.4 is 10.6 Å². The first-order valence-corrected chi connectivity index (χ1v) is 7.11. The molecule has 5 heteroatoms. The summed E-state index contributed by atoms with van der Waals surface area (Å²) in [5, 5.41) is 9.85. The van der Waals surface area contributed by atoms with Crippen LogP contribution >= 0.6 is 15.9 Å². The third-order valence-corrected chi connectivity index (χ3v) is 3.21. The molecule has 0 aliphatic carbocycles. The fourth-order valence-electron chi connectivity index (χ4n) is 2.02. The molecular weight excluding hydrogens is 308 g/mol. The van der Waals surface area contributed by atoms with Crippen molar-refractivity contribution in [2.75, 3.05) is 18.0 Å². The zero-order valence-electron chi connectivity index (χ0n) is 11.6. The van der Waals surface area contributed by atoms with Gasteiger partial charge >= 0.3 is 0 Å². The van der Waals surface area contributed by atoms with Crippen molar-refractivity contribution < 1.29 is 9.90 Å². The van der Waals surface area contributed by atoms with Gasteiger partial charge in [0, 0.05) is 22.3 Å². The van der Waals surface area contributed by atoms with E-state index in [1.165, 1.54) is 0 Å². The zero-order valence-corrected chi connectivity index (χ0v) is 13.1. The van der Waals surface area contributed by atoms with Gasteiger partial charge in [-0.25, -0.2) is 0 Å². The van der Waals surface area contributed by atoms with Crippen LogP contribution in [0, 0.1) is 5.92 Å². The van der Waals surface area contributed by atoms with Gasteiger partial charge in [-0.15, -0.1) is 0 Å². The van der Waals surface area contributed by atoms with Crippen molar-refractivity contribution >= 4 is 27.5 Å². The lowest BCUT2D eigenvalue weighted by Crippen LogP contribution is -2.37. The zero-order chi connectivity index (χ0) is 14.6. The van der Waals surface area contributed by atoms with Crippen LogP contribution in [0.3, 0.4) is 0 Å². The number of aliphatic hydroxyl groups is 1. The summed E-state index contributed by atoms with van der Waals surface area (Å²) in [5.41, 5.74) is 6.96. The average molecular weight is 329 g/mol. The van der Waals surface area contributed by atoms with Crippen LogP contribution in [-0.4, -0.2) is 24.1 Å². The highest BCUT2D eigenvalue weighted by atomic mass is 79.9. The van der Waals surface area contributed by atoms with E-state index in [0.29, 0.717) is 12.5 Å². The number of carbonyl (C=O) groups is 1. The predicted molar refractivity (Wildman–Crippen MR) is 81.0 cm³/mol. The monoisotopic (exact) mass is 328 g/mol. The SMILES string of the molecule is CC(C)CN(CC(N)=O)c1cc(Br)ccc1C(C)O. The van der Waals surface area contributed by atoms with E-state index in [9.17, 15) is 9.90 Å². The molecule has 1 aromatic carbocycles. The van der Waals surface area contributed by atoms with Gasteiger partial charge in [-0.3, -0.25) is 4.79 Å². The highest BCUT2D eigenvalue weighted by molar-refractivity contribution is 9.10. The van der Waals surface area contributed by atoms with E-state index in [1.807, 2.05) is 23.1 Å². The highest BCUT2D eigenvalue weighted by Crippen LogP contribution is 2.30. The van der Waals surface area contributed by atoms with Gasteiger partial charge in [0.2, 0.25) is 5.91 Å². The molecule has 4 nitrogen and oxygen atoms in total. The lowest BCUT2D eigenvalue weighted by molar-refractivity contribution is -0.116.